The van der Waals surface area contributed by atoms with Gasteiger partial charge in [-0.05, 0) is 26.0 Å². The van der Waals surface area contributed by atoms with E-state index < -0.39 is 47.0 Å². The van der Waals surface area contributed by atoms with Crippen molar-refractivity contribution in [2.24, 2.45) is 0 Å². The van der Waals surface area contributed by atoms with Gasteiger partial charge in [0.2, 0.25) is 11.9 Å². The molecule has 0 aliphatic carbocycles. The largest absolute Gasteiger partial charge is 0.464 e. The number of amides is 1. The van der Waals surface area contributed by atoms with E-state index in [0.717, 1.165) is 18.2 Å². The molecule has 7 nitrogen and oxygen atoms in total. The zero-order chi connectivity index (χ0) is 20.7. The fourth-order valence-corrected chi connectivity index (χ4v) is 2.22. The van der Waals surface area contributed by atoms with Crippen LogP contribution < -0.4 is 5.32 Å². The molecule has 10 heteroatoms. The summed E-state index contributed by atoms with van der Waals surface area (Å²) in [6.07, 6.45) is -5.64. The number of benzene rings is 1. The molecule has 1 N–H and O–H groups in total. The molecule has 1 aromatic carbocycles. The molecule has 0 radical (unpaired) electrons. The van der Waals surface area contributed by atoms with Gasteiger partial charge in [-0.25, -0.2) is 9.59 Å². The lowest BCUT2D eigenvalue weighted by Crippen LogP contribution is -2.60. The monoisotopic (exact) mass is 389 g/mol. The van der Waals surface area contributed by atoms with E-state index in [4.69, 9.17) is 9.47 Å². The molecule has 0 heterocycles. The van der Waals surface area contributed by atoms with Crippen molar-refractivity contribution in [2.75, 3.05) is 13.2 Å². The average Bonchev–Trinajstić information content (AvgIpc) is 2.60. The number of nitrogens with one attached hydrogen (secondary N) is 1. The molecule has 27 heavy (non-hydrogen) atoms. The Hall–Kier alpha value is -2.91. The summed E-state index contributed by atoms with van der Waals surface area (Å²) in [5.74, 6) is -3.50. The Bertz CT molecular complexity index is 699. The van der Waals surface area contributed by atoms with Gasteiger partial charge in [-0.3, -0.25) is 9.59 Å². The van der Waals surface area contributed by atoms with Crippen molar-refractivity contribution >= 4 is 24.1 Å². The molecule has 0 fully saturated rings. The van der Waals surface area contributed by atoms with Crippen LogP contribution in [0.25, 0.3) is 0 Å². The predicted molar refractivity (Wildman–Crippen MR) is 85.6 cm³/mol. The molecule has 0 spiro atoms. The SMILES string of the molecule is CCOC(=O)C(CC(=O)c1cccc(C(F)(F)F)c1)(NC=O)C(=O)OCC. The smallest absolute Gasteiger partial charge is 0.416 e. The van der Waals surface area contributed by atoms with Gasteiger partial charge >= 0.3 is 18.1 Å². The highest BCUT2D eigenvalue weighted by atomic mass is 19.4. The summed E-state index contributed by atoms with van der Waals surface area (Å²) in [5, 5.41) is 1.94. The first-order valence-corrected chi connectivity index (χ1v) is 7.88. The van der Waals surface area contributed by atoms with E-state index in [0.29, 0.717) is 6.07 Å². The average molecular weight is 389 g/mol. The first-order chi connectivity index (χ1) is 12.6. The number of Topliss-reactive ketones (excluding diaryl/α,β-unsaturated/α-hetero) is 1. The summed E-state index contributed by atoms with van der Waals surface area (Å²) in [4.78, 5) is 48.0. The number of esters is 2. The van der Waals surface area contributed by atoms with Gasteiger partial charge in [0.15, 0.2) is 5.78 Å². The highest BCUT2D eigenvalue weighted by Gasteiger charge is 2.51. The number of ether oxygens (including phenoxy) is 2. The normalized spacial score (nSPS) is 11.4. The number of halogens is 3. The van der Waals surface area contributed by atoms with Crippen LogP contribution in [-0.2, 0) is 30.0 Å². The Labute approximate surface area is 152 Å². The Morgan fingerprint density at radius 3 is 2.07 bits per heavy atom. The van der Waals surface area contributed by atoms with Crippen LogP contribution in [0.1, 0.15) is 36.2 Å². The van der Waals surface area contributed by atoms with Crippen molar-refractivity contribution in [3.8, 4) is 0 Å². The zero-order valence-corrected chi connectivity index (χ0v) is 14.6. The number of alkyl halides is 3. The highest BCUT2D eigenvalue weighted by molar-refractivity contribution is 6.12. The molecule has 1 aromatic rings. The third-order valence-corrected chi connectivity index (χ3v) is 3.49. The summed E-state index contributed by atoms with van der Waals surface area (Å²) in [6.45, 7) is 2.53. The van der Waals surface area contributed by atoms with E-state index in [1.54, 1.807) is 0 Å². The van der Waals surface area contributed by atoms with Gasteiger partial charge in [-0.15, -0.1) is 0 Å². The van der Waals surface area contributed by atoms with E-state index >= 15 is 0 Å². The van der Waals surface area contributed by atoms with E-state index in [9.17, 15) is 32.3 Å². The van der Waals surface area contributed by atoms with Crippen molar-refractivity contribution in [3.63, 3.8) is 0 Å². The second kappa shape index (κ2) is 9.15. The molecule has 0 atom stereocenters. The lowest BCUT2D eigenvalue weighted by Gasteiger charge is -2.27. The Kier molecular flexibility index (Phi) is 7.50. The second-order valence-electron chi connectivity index (χ2n) is 5.29. The van der Waals surface area contributed by atoms with E-state index in [2.05, 4.69) is 0 Å². The molecular formula is C17H18F3NO6. The van der Waals surface area contributed by atoms with Crippen LogP contribution in [0, 0.1) is 0 Å². The molecule has 0 unspecified atom stereocenters. The number of rotatable bonds is 9. The van der Waals surface area contributed by atoms with Gasteiger partial charge in [0.05, 0.1) is 25.2 Å². The zero-order valence-electron chi connectivity index (χ0n) is 14.6. The lowest BCUT2D eigenvalue weighted by atomic mass is 9.89. The minimum absolute atomic E-state index is 0.00720. The quantitative estimate of drug-likeness (QED) is 0.300. The fraction of sp³-hybridized carbons (Fsp3) is 0.412. The van der Waals surface area contributed by atoms with Crippen molar-refractivity contribution in [1.82, 2.24) is 5.32 Å². The number of carbonyl (C=O) groups is 4. The fourth-order valence-electron chi connectivity index (χ4n) is 2.22. The third kappa shape index (κ3) is 5.28. The van der Waals surface area contributed by atoms with Crippen molar-refractivity contribution in [3.05, 3.63) is 35.4 Å². The predicted octanol–water partition coefficient (Wildman–Crippen LogP) is 1.89. The highest BCUT2D eigenvalue weighted by Crippen LogP contribution is 2.30. The standard InChI is InChI=1S/C17H18F3NO6/c1-3-26-14(24)16(21-10-22,15(25)27-4-2)9-13(23)11-6-5-7-12(8-11)17(18,19)20/h5-8,10H,3-4,9H2,1-2H3,(H,21,22). The number of hydrogen-bond donors (Lipinski definition) is 1. The van der Waals surface area contributed by atoms with E-state index in [1.165, 1.54) is 13.8 Å². The Balaban J connectivity index is 3.31. The van der Waals surface area contributed by atoms with Gasteiger partial charge in [0.1, 0.15) is 0 Å². The summed E-state index contributed by atoms with van der Waals surface area (Å²) in [6, 6.07) is 3.47. The molecule has 148 valence electrons. The minimum atomic E-state index is -4.68. The maximum atomic E-state index is 12.8. The number of ketones is 1. The van der Waals surface area contributed by atoms with Gasteiger partial charge in [0.25, 0.3) is 0 Å². The van der Waals surface area contributed by atoms with Gasteiger partial charge in [-0.1, -0.05) is 12.1 Å². The van der Waals surface area contributed by atoms with Crippen LogP contribution in [0.2, 0.25) is 0 Å². The maximum absolute atomic E-state index is 12.8. The number of carbonyl (C=O) groups excluding carboxylic acids is 4. The van der Waals surface area contributed by atoms with Crippen LogP contribution in [-0.4, -0.2) is 42.9 Å². The summed E-state index contributed by atoms with van der Waals surface area (Å²) < 4.78 is 48.0. The Morgan fingerprint density at radius 2 is 1.63 bits per heavy atom. The number of hydrogen-bond acceptors (Lipinski definition) is 6. The maximum Gasteiger partial charge on any atom is 0.416 e. The lowest BCUT2D eigenvalue weighted by molar-refractivity contribution is -0.167. The molecule has 0 aliphatic rings. The van der Waals surface area contributed by atoms with Crippen LogP contribution in [0.4, 0.5) is 13.2 Å². The van der Waals surface area contributed by atoms with Crippen LogP contribution in [0.5, 0.6) is 0 Å². The van der Waals surface area contributed by atoms with Crippen molar-refractivity contribution < 1.29 is 41.8 Å². The summed E-state index contributed by atoms with van der Waals surface area (Å²) >= 11 is 0. The van der Waals surface area contributed by atoms with Crippen LogP contribution in [0.3, 0.4) is 0 Å². The molecule has 1 amide bonds. The molecule has 1 rings (SSSR count). The molecule has 0 saturated heterocycles. The first-order valence-electron chi connectivity index (χ1n) is 7.88. The summed E-state index contributed by atoms with van der Waals surface area (Å²) in [7, 11) is 0. The molecule has 0 aliphatic heterocycles. The molecular weight excluding hydrogens is 371 g/mol. The Morgan fingerprint density at radius 1 is 1.07 bits per heavy atom. The first kappa shape index (κ1) is 22.1. The van der Waals surface area contributed by atoms with Crippen LogP contribution in [0.15, 0.2) is 24.3 Å². The van der Waals surface area contributed by atoms with Crippen LogP contribution >= 0.6 is 0 Å². The third-order valence-electron chi connectivity index (χ3n) is 3.49. The topological polar surface area (TPSA) is 98.8 Å². The minimum Gasteiger partial charge on any atom is -0.464 e. The van der Waals surface area contributed by atoms with Crippen molar-refractivity contribution in [2.45, 2.75) is 32.0 Å². The molecule has 0 saturated carbocycles. The van der Waals surface area contributed by atoms with Gasteiger partial charge in [-0.2, -0.15) is 13.2 Å². The second-order valence-corrected chi connectivity index (χ2v) is 5.29. The summed E-state index contributed by atoms with van der Waals surface area (Å²) in [5.41, 5.74) is -3.97. The van der Waals surface area contributed by atoms with E-state index in [-0.39, 0.29) is 19.6 Å². The van der Waals surface area contributed by atoms with Gasteiger partial charge in [0, 0.05) is 5.56 Å². The molecule has 0 aromatic heterocycles. The molecule has 0 bridgehead atoms. The van der Waals surface area contributed by atoms with Gasteiger partial charge < -0.3 is 14.8 Å². The van der Waals surface area contributed by atoms with Crippen molar-refractivity contribution in [1.29, 1.82) is 0 Å². The van der Waals surface area contributed by atoms with E-state index in [1.807, 2.05) is 5.32 Å².